The van der Waals surface area contributed by atoms with Gasteiger partial charge in [-0.25, -0.2) is 8.42 Å². The van der Waals surface area contributed by atoms with Crippen LogP contribution < -0.4 is 19.5 Å². The van der Waals surface area contributed by atoms with E-state index in [-0.39, 0.29) is 16.6 Å². The van der Waals surface area contributed by atoms with Crippen molar-refractivity contribution >= 4 is 39.1 Å². The van der Waals surface area contributed by atoms with Gasteiger partial charge in [0.2, 0.25) is 5.91 Å². The molecule has 0 aromatic heterocycles. The van der Waals surface area contributed by atoms with Crippen LogP contribution in [0.15, 0.2) is 82.6 Å². The van der Waals surface area contributed by atoms with E-state index >= 15 is 0 Å². The number of rotatable bonds is 7. The van der Waals surface area contributed by atoms with E-state index in [1.807, 2.05) is 0 Å². The monoisotopic (exact) mass is 456 g/mol. The average molecular weight is 457 g/mol. The van der Waals surface area contributed by atoms with Crippen LogP contribution >= 0.6 is 11.8 Å². The summed E-state index contributed by atoms with van der Waals surface area (Å²) in [4.78, 5) is 13.3. The maximum absolute atomic E-state index is 12.4. The number of carbonyl (C=O) groups is 1. The molecule has 0 bridgehead atoms. The van der Waals surface area contributed by atoms with Gasteiger partial charge in [-0.2, -0.15) is 0 Å². The van der Waals surface area contributed by atoms with Gasteiger partial charge < -0.3 is 14.8 Å². The second kappa shape index (κ2) is 9.32. The zero-order valence-corrected chi connectivity index (χ0v) is 18.0. The quantitative estimate of drug-likeness (QED) is 0.522. The molecule has 0 spiro atoms. The molecule has 0 radical (unpaired) electrons. The van der Waals surface area contributed by atoms with Crippen molar-refractivity contribution in [1.29, 1.82) is 0 Å². The molecule has 0 unspecified atom stereocenters. The molecule has 1 aliphatic rings. The predicted octanol–water partition coefficient (Wildman–Crippen LogP) is 3.99. The number of hydrogen-bond donors (Lipinski definition) is 2. The predicted molar refractivity (Wildman–Crippen MR) is 120 cm³/mol. The van der Waals surface area contributed by atoms with Crippen molar-refractivity contribution in [3.05, 3.63) is 72.8 Å². The third-order valence-corrected chi connectivity index (χ3v) is 6.77. The van der Waals surface area contributed by atoms with Crippen LogP contribution in [0.2, 0.25) is 0 Å². The summed E-state index contributed by atoms with van der Waals surface area (Å²) in [5.41, 5.74) is 1.09. The zero-order chi connectivity index (χ0) is 21.7. The van der Waals surface area contributed by atoms with Gasteiger partial charge in [-0.3, -0.25) is 9.52 Å². The van der Waals surface area contributed by atoms with Crippen LogP contribution in [-0.4, -0.2) is 33.3 Å². The summed E-state index contributed by atoms with van der Waals surface area (Å²) < 4.78 is 38.3. The molecule has 160 valence electrons. The molecule has 1 heterocycles. The Labute approximate surface area is 184 Å². The normalized spacial score (nSPS) is 12.8. The number of carbonyl (C=O) groups excluding carboxylic acids is 1. The van der Waals surface area contributed by atoms with Crippen LogP contribution in [0.1, 0.15) is 0 Å². The van der Waals surface area contributed by atoms with Crippen molar-refractivity contribution in [2.45, 2.75) is 9.79 Å². The van der Waals surface area contributed by atoms with Crippen molar-refractivity contribution in [1.82, 2.24) is 0 Å². The number of hydrogen-bond acceptors (Lipinski definition) is 6. The lowest BCUT2D eigenvalue weighted by molar-refractivity contribution is -0.113. The molecule has 1 aliphatic heterocycles. The fourth-order valence-corrected chi connectivity index (χ4v) is 4.68. The van der Waals surface area contributed by atoms with E-state index in [9.17, 15) is 13.2 Å². The minimum atomic E-state index is -3.63. The van der Waals surface area contributed by atoms with Gasteiger partial charge in [0.25, 0.3) is 10.0 Å². The minimum Gasteiger partial charge on any atom is -0.486 e. The molecule has 1 amide bonds. The summed E-state index contributed by atoms with van der Waals surface area (Å²) in [5.74, 6) is 1.34. The molecule has 7 nitrogen and oxygen atoms in total. The van der Waals surface area contributed by atoms with Crippen molar-refractivity contribution in [2.24, 2.45) is 0 Å². The number of anilines is 2. The molecule has 0 saturated carbocycles. The first-order chi connectivity index (χ1) is 15.0. The summed E-state index contributed by atoms with van der Waals surface area (Å²) in [7, 11) is -3.63. The molecule has 0 atom stereocenters. The van der Waals surface area contributed by atoms with E-state index in [4.69, 9.17) is 9.47 Å². The Balaban J connectivity index is 1.30. The Hall–Kier alpha value is -3.17. The Kier molecular flexibility index (Phi) is 6.34. The third-order valence-electron chi connectivity index (χ3n) is 4.36. The second-order valence-electron chi connectivity index (χ2n) is 6.64. The Bertz CT molecular complexity index is 1170. The highest BCUT2D eigenvalue weighted by Gasteiger charge is 2.14. The highest BCUT2D eigenvalue weighted by atomic mass is 32.2. The first-order valence-corrected chi connectivity index (χ1v) is 12.0. The summed E-state index contributed by atoms with van der Waals surface area (Å²) >= 11 is 1.35. The Morgan fingerprint density at radius 1 is 0.871 bits per heavy atom. The van der Waals surface area contributed by atoms with Crippen LogP contribution in [0.4, 0.5) is 11.4 Å². The van der Waals surface area contributed by atoms with Gasteiger partial charge in [0, 0.05) is 22.3 Å². The zero-order valence-electron chi connectivity index (χ0n) is 16.4. The molecule has 0 saturated heterocycles. The molecule has 0 fully saturated rings. The van der Waals surface area contributed by atoms with Gasteiger partial charge in [-0.1, -0.05) is 18.2 Å². The molecule has 31 heavy (non-hydrogen) atoms. The summed E-state index contributed by atoms with van der Waals surface area (Å²) in [5, 5.41) is 2.84. The number of nitrogens with one attached hydrogen (secondary N) is 2. The van der Waals surface area contributed by atoms with Gasteiger partial charge in [0.05, 0.1) is 10.6 Å². The van der Waals surface area contributed by atoms with Crippen molar-refractivity contribution in [3.8, 4) is 11.5 Å². The Morgan fingerprint density at radius 3 is 2.29 bits per heavy atom. The van der Waals surface area contributed by atoms with E-state index in [0.717, 1.165) is 4.90 Å². The third kappa shape index (κ3) is 5.50. The number of fused-ring (bicyclic) bond motifs is 1. The number of thioether (sulfide) groups is 1. The van der Waals surface area contributed by atoms with E-state index in [0.29, 0.717) is 36.1 Å². The van der Waals surface area contributed by atoms with Crippen LogP contribution in [-0.2, 0) is 14.8 Å². The molecule has 2 N–H and O–H groups in total. The van der Waals surface area contributed by atoms with Crippen LogP contribution in [0.3, 0.4) is 0 Å². The molecular formula is C22H20N2O5S2. The standard InChI is InChI=1S/C22H20N2O5S2/c25-22(23-17-8-11-20-21(14-17)29-13-12-28-20)15-30-18-9-6-16(7-10-18)24-31(26,27)19-4-2-1-3-5-19/h1-11,14,24H,12-13,15H2,(H,23,25). The number of ether oxygens (including phenoxy) is 2. The highest BCUT2D eigenvalue weighted by molar-refractivity contribution is 8.00. The lowest BCUT2D eigenvalue weighted by Crippen LogP contribution is -2.17. The average Bonchev–Trinajstić information content (AvgIpc) is 2.79. The maximum Gasteiger partial charge on any atom is 0.261 e. The SMILES string of the molecule is O=C(CSc1ccc(NS(=O)(=O)c2ccccc2)cc1)Nc1ccc2c(c1)OCCO2. The second-order valence-corrected chi connectivity index (χ2v) is 9.37. The number of amides is 1. The smallest absolute Gasteiger partial charge is 0.261 e. The largest absolute Gasteiger partial charge is 0.486 e. The maximum atomic E-state index is 12.4. The fraction of sp³-hybridized carbons (Fsp3) is 0.136. The summed E-state index contributed by atoms with van der Waals surface area (Å²) in [6.07, 6.45) is 0. The number of benzene rings is 3. The van der Waals surface area contributed by atoms with Crippen LogP contribution in [0.25, 0.3) is 0 Å². The lowest BCUT2D eigenvalue weighted by atomic mass is 10.2. The first-order valence-electron chi connectivity index (χ1n) is 9.50. The molecule has 3 aromatic carbocycles. The first kappa shape index (κ1) is 21.1. The lowest BCUT2D eigenvalue weighted by Gasteiger charge is -2.19. The summed E-state index contributed by atoms with van der Waals surface area (Å²) in [6, 6.07) is 20.3. The van der Waals surface area contributed by atoms with Gasteiger partial charge in [-0.05, 0) is 48.5 Å². The fourth-order valence-electron chi connectivity index (χ4n) is 2.90. The van der Waals surface area contributed by atoms with Crippen molar-refractivity contribution < 1.29 is 22.7 Å². The van der Waals surface area contributed by atoms with Crippen LogP contribution in [0, 0.1) is 0 Å². The van der Waals surface area contributed by atoms with E-state index in [1.165, 1.54) is 23.9 Å². The van der Waals surface area contributed by atoms with E-state index < -0.39 is 10.0 Å². The topological polar surface area (TPSA) is 93.7 Å². The van der Waals surface area contributed by atoms with Gasteiger partial charge in [-0.15, -0.1) is 11.8 Å². The van der Waals surface area contributed by atoms with Crippen LogP contribution in [0.5, 0.6) is 11.5 Å². The molecular weight excluding hydrogens is 436 g/mol. The summed E-state index contributed by atoms with van der Waals surface area (Å²) in [6.45, 7) is 1.000. The van der Waals surface area contributed by atoms with Crippen molar-refractivity contribution in [2.75, 3.05) is 29.0 Å². The highest BCUT2D eigenvalue weighted by Crippen LogP contribution is 2.32. The molecule has 0 aliphatic carbocycles. The van der Waals surface area contributed by atoms with Gasteiger partial charge in [0.15, 0.2) is 11.5 Å². The Morgan fingerprint density at radius 2 is 1.55 bits per heavy atom. The number of sulfonamides is 1. The van der Waals surface area contributed by atoms with Gasteiger partial charge in [0.1, 0.15) is 13.2 Å². The molecule has 3 aromatic rings. The molecule has 9 heteroatoms. The van der Waals surface area contributed by atoms with E-state index in [2.05, 4.69) is 10.0 Å². The van der Waals surface area contributed by atoms with E-state index in [1.54, 1.807) is 60.7 Å². The van der Waals surface area contributed by atoms with Gasteiger partial charge >= 0.3 is 0 Å². The minimum absolute atomic E-state index is 0.157. The van der Waals surface area contributed by atoms with Crippen molar-refractivity contribution in [3.63, 3.8) is 0 Å². The molecule has 4 rings (SSSR count).